The van der Waals surface area contributed by atoms with Crippen molar-refractivity contribution in [3.05, 3.63) is 292 Å². The summed E-state index contributed by atoms with van der Waals surface area (Å²) < 4.78 is 0. The first-order valence-corrected chi connectivity index (χ1v) is 25.1. The Morgan fingerprint density at radius 2 is 0.688 bits per heavy atom. The fraction of sp³-hybridized carbons (Fsp3) is 0. The molecule has 7 heteroatoms. The molecular formula is C70H46IrN6-2. The van der Waals surface area contributed by atoms with Crippen molar-refractivity contribution in [2.45, 2.75) is 0 Å². The van der Waals surface area contributed by atoms with Crippen LogP contribution < -0.4 is 0 Å². The van der Waals surface area contributed by atoms with Gasteiger partial charge in [0.2, 0.25) is 0 Å². The first kappa shape index (κ1) is 49.6. The van der Waals surface area contributed by atoms with E-state index in [-0.39, 0.29) is 20.1 Å². The van der Waals surface area contributed by atoms with Gasteiger partial charge in [-0.15, -0.1) is 71.3 Å². The summed E-state index contributed by atoms with van der Waals surface area (Å²) in [5.41, 5.74) is 21.2. The Bertz CT molecular complexity index is 3820. The van der Waals surface area contributed by atoms with E-state index in [1.54, 1.807) is 0 Å². The van der Waals surface area contributed by atoms with Gasteiger partial charge in [0.25, 0.3) is 0 Å². The number of benzene rings is 7. The van der Waals surface area contributed by atoms with E-state index in [9.17, 15) is 0 Å². The number of rotatable bonds is 10. The van der Waals surface area contributed by atoms with Crippen LogP contribution in [0.2, 0.25) is 0 Å². The number of hydrogen-bond donors (Lipinski definition) is 0. The fourth-order valence-corrected chi connectivity index (χ4v) is 9.59. The van der Waals surface area contributed by atoms with Gasteiger partial charge in [-0.1, -0.05) is 78.9 Å². The minimum atomic E-state index is 0. The van der Waals surface area contributed by atoms with E-state index in [4.69, 9.17) is 0 Å². The van der Waals surface area contributed by atoms with E-state index >= 15 is 0 Å². The summed E-state index contributed by atoms with van der Waals surface area (Å²) in [6, 6.07) is 82.6. The zero-order chi connectivity index (χ0) is 50.9. The largest absolute Gasteiger partial charge is 0.305 e. The van der Waals surface area contributed by atoms with Crippen molar-refractivity contribution >= 4 is 10.8 Å². The minimum Gasteiger partial charge on any atom is -0.305 e. The molecule has 0 amide bonds. The molecule has 13 aromatic rings. The first-order chi connectivity index (χ1) is 37.6. The van der Waals surface area contributed by atoms with Crippen LogP contribution >= 0.6 is 0 Å². The van der Waals surface area contributed by atoms with Crippen molar-refractivity contribution < 1.29 is 20.1 Å². The molecule has 6 heterocycles. The summed E-state index contributed by atoms with van der Waals surface area (Å²) in [6.07, 6.45) is 18.6. The predicted octanol–water partition coefficient (Wildman–Crippen LogP) is 17.2. The minimum absolute atomic E-state index is 0. The second-order valence-corrected chi connectivity index (χ2v) is 18.3. The van der Waals surface area contributed by atoms with Crippen LogP contribution in [0.15, 0.2) is 280 Å². The molecular weight excluding hydrogens is 1120 g/mol. The topological polar surface area (TPSA) is 77.3 Å². The van der Waals surface area contributed by atoms with E-state index in [1.165, 1.54) is 10.8 Å². The van der Waals surface area contributed by atoms with Crippen molar-refractivity contribution in [1.29, 1.82) is 0 Å². The molecule has 367 valence electrons. The molecule has 0 saturated heterocycles. The summed E-state index contributed by atoms with van der Waals surface area (Å²) >= 11 is 0. The SMILES string of the molecule is [Ir].[c-]1ccc(-c2cccc(-c3cc(-c4cc(-c5cccnc5)cc(-c5cccnc5)c4)cc(-c4cc(-c5cccnc5)cc(-c5cccnc5)c4)c3)c2)cc1-c1ccccn1.[c-]1ccccc1-c1nccc2ccccc12. The van der Waals surface area contributed by atoms with Crippen LogP contribution in [0.25, 0.3) is 122 Å². The maximum absolute atomic E-state index is 4.58. The van der Waals surface area contributed by atoms with Crippen LogP contribution in [0, 0.1) is 12.1 Å². The van der Waals surface area contributed by atoms with Crippen LogP contribution in [0.3, 0.4) is 0 Å². The van der Waals surface area contributed by atoms with Gasteiger partial charge in [-0.25, -0.2) is 0 Å². The Kier molecular flexibility index (Phi) is 15.0. The van der Waals surface area contributed by atoms with Crippen LogP contribution in [0.1, 0.15) is 0 Å². The summed E-state index contributed by atoms with van der Waals surface area (Å²) in [5.74, 6) is 0. The van der Waals surface area contributed by atoms with Gasteiger partial charge in [0, 0.05) is 104 Å². The Hall–Kier alpha value is -9.65. The standard InChI is InChI=1S/C55H36N5.C15H10N.Ir/c1-2-22-60-55(17-1)41-12-4-10-39(24-41)38-9-3-11-40(23-38)46-25-51(53-29-47(42-13-5-18-56-34-42)27-48(30-53)43-14-6-19-57-35-43)33-52(26-46)54-31-49(44-15-7-20-58-36-44)28-50(32-54)45-16-8-21-59-37-45;1-2-7-13(8-3-1)15-14-9-5-4-6-12(14)10-11-16-15;/h1-11,13-37H;1-7,9-11H;/q2*-1;. The summed E-state index contributed by atoms with van der Waals surface area (Å²) in [6.45, 7) is 0. The van der Waals surface area contributed by atoms with Gasteiger partial charge in [0.1, 0.15) is 0 Å². The molecule has 13 rings (SSSR count). The molecule has 0 saturated carbocycles. The molecule has 0 N–H and O–H groups in total. The Morgan fingerprint density at radius 1 is 0.260 bits per heavy atom. The molecule has 0 spiro atoms. The molecule has 1 radical (unpaired) electrons. The van der Waals surface area contributed by atoms with Crippen molar-refractivity contribution in [2.24, 2.45) is 0 Å². The zero-order valence-electron chi connectivity index (χ0n) is 41.6. The molecule has 0 atom stereocenters. The molecule has 0 unspecified atom stereocenters. The van der Waals surface area contributed by atoms with Crippen LogP contribution in [-0.2, 0) is 20.1 Å². The number of aromatic nitrogens is 6. The van der Waals surface area contributed by atoms with Crippen LogP contribution in [0.4, 0.5) is 0 Å². The number of fused-ring (bicyclic) bond motifs is 1. The number of hydrogen-bond acceptors (Lipinski definition) is 6. The predicted molar refractivity (Wildman–Crippen MR) is 309 cm³/mol. The van der Waals surface area contributed by atoms with Crippen molar-refractivity contribution in [3.63, 3.8) is 0 Å². The molecule has 6 nitrogen and oxygen atoms in total. The van der Waals surface area contributed by atoms with Gasteiger partial charge < -0.3 is 9.97 Å². The van der Waals surface area contributed by atoms with E-state index in [0.717, 1.165) is 112 Å². The molecule has 0 fully saturated rings. The first-order valence-electron chi connectivity index (χ1n) is 25.1. The molecule has 77 heavy (non-hydrogen) atoms. The van der Waals surface area contributed by atoms with E-state index in [2.05, 4.69) is 169 Å². The molecule has 0 bridgehead atoms. The van der Waals surface area contributed by atoms with Crippen molar-refractivity contribution in [2.75, 3.05) is 0 Å². The maximum atomic E-state index is 4.58. The average Bonchev–Trinajstić information content (AvgIpc) is 3.53. The summed E-state index contributed by atoms with van der Waals surface area (Å²) in [7, 11) is 0. The molecule has 7 aromatic carbocycles. The third-order valence-corrected chi connectivity index (χ3v) is 13.4. The van der Waals surface area contributed by atoms with Gasteiger partial charge in [0.15, 0.2) is 0 Å². The van der Waals surface area contributed by atoms with Gasteiger partial charge in [-0.05, 0) is 180 Å². The Morgan fingerprint density at radius 3 is 1.17 bits per heavy atom. The van der Waals surface area contributed by atoms with Gasteiger partial charge in [0.05, 0.1) is 0 Å². The molecule has 0 aliphatic heterocycles. The fourth-order valence-electron chi connectivity index (χ4n) is 9.59. The van der Waals surface area contributed by atoms with E-state index in [1.807, 2.05) is 153 Å². The molecule has 0 aliphatic rings. The van der Waals surface area contributed by atoms with Crippen LogP contribution in [0.5, 0.6) is 0 Å². The second-order valence-electron chi connectivity index (χ2n) is 18.3. The molecule has 0 aliphatic carbocycles. The van der Waals surface area contributed by atoms with Crippen molar-refractivity contribution in [3.8, 4) is 112 Å². The van der Waals surface area contributed by atoms with Gasteiger partial charge >= 0.3 is 0 Å². The molecule has 6 aromatic heterocycles. The third-order valence-electron chi connectivity index (χ3n) is 13.4. The Balaban J connectivity index is 0.000000316. The quantitative estimate of drug-likeness (QED) is 0.127. The summed E-state index contributed by atoms with van der Waals surface area (Å²) in [4.78, 5) is 26.9. The van der Waals surface area contributed by atoms with Crippen molar-refractivity contribution in [1.82, 2.24) is 29.9 Å². The Labute approximate surface area is 462 Å². The second kappa shape index (κ2) is 23.3. The van der Waals surface area contributed by atoms with Gasteiger partial charge in [-0.3, -0.25) is 19.9 Å². The van der Waals surface area contributed by atoms with E-state index in [0.29, 0.717) is 0 Å². The average molecular weight is 1160 g/mol. The number of nitrogens with zero attached hydrogens (tertiary/aromatic N) is 6. The maximum Gasteiger partial charge on any atom is 0.0346 e. The number of pyridine rings is 6. The third kappa shape index (κ3) is 11.4. The van der Waals surface area contributed by atoms with E-state index < -0.39 is 0 Å². The normalized spacial score (nSPS) is 10.8. The zero-order valence-corrected chi connectivity index (χ0v) is 44.0. The van der Waals surface area contributed by atoms with Gasteiger partial charge in [-0.2, -0.15) is 0 Å². The summed E-state index contributed by atoms with van der Waals surface area (Å²) in [5, 5.41) is 2.39. The smallest absolute Gasteiger partial charge is 0.0346 e. The monoisotopic (exact) mass is 1160 g/mol. The van der Waals surface area contributed by atoms with Crippen LogP contribution in [-0.4, -0.2) is 29.9 Å².